The van der Waals surface area contributed by atoms with Crippen molar-refractivity contribution in [1.82, 2.24) is 10.2 Å². The highest BCUT2D eigenvalue weighted by molar-refractivity contribution is 5.96. The summed E-state index contributed by atoms with van der Waals surface area (Å²) in [5.74, 6) is -0.133. The quantitative estimate of drug-likeness (QED) is 0.760. The number of amides is 2. The second-order valence-corrected chi connectivity index (χ2v) is 5.82. The molecular weight excluding hydrogens is 365 g/mol. The molecule has 0 bridgehead atoms. The van der Waals surface area contributed by atoms with Gasteiger partial charge < -0.3 is 19.4 Å². The summed E-state index contributed by atoms with van der Waals surface area (Å²) in [6.07, 6.45) is -2.88. The molecule has 0 fully saturated rings. The lowest BCUT2D eigenvalue weighted by Crippen LogP contribution is -2.38. The number of nitrogens with zero attached hydrogens (tertiary/aromatic N) is 1. The fourth-order valence-corrected chi connectivity index (χ4v) is 2.19. The van der Waals surface area contributed by atoms with Crippen LogP contribution in [0.25, 0.3) is 0 Å². The molecule has 0 spiro atoms. The maximum atomic E-state index is 12.3. The fourth-order valence-electron chi connectivity index (χ4n) is 2.19. The van der Waals surface area contributed by atoms with Crippen LogP contribution in [0.1, 0.15) is 21.7 Å². The number of halogens is 3. The van der Waals surface area contributed by atoms with Crippen molar-refractivity contribution in [2.24, 2.45) is 0 Å². The second-order valence-electron chi connectivity index (χ2n) is 5.82. The minimum Gasteiger partial charge on any atom is -0.467 e. The zero-order chi connectivity index (χ0) is 19.9. The van der Waals surface area contributed by atoms with Gasteiger partial charge in [0.25, 0.3) is 5.91 Å². The standard InChI is InChI=1S/C18H19F3N2O4/c1-23(10-16(24)22-9-15-3-2-8-27-15)17(25)14-6-4-13(5-7-14)11-26-12-18(19,20)21/h2-8H,9-12H2,1H3,(H,22,24). The summed E-state index contributed by atoms with van der Waals surface area (Å²) in [7, 11) is 1.48. The monoisotopic (exact) mass is 384 g/mol. The predicted molar refractivity (Wildman–Crippen MR) is 89.7 cm³/mol. The van der Waals surface area contributed by atoms with Gasteiger partial charge in [0.1, 0.15) is 12.4 Å². The molecule has 27 heavy (non-hydrogen) atoms. The first-order valence-electron chi connectivity index (χ1n) is 8.02. The highest BCUT2D eigenvalue weighted by Crippen LogP contribution is 2.16. The summed E-state index contributed by atoms with van der Waals surface area (Å²) >= 11 is 0. The highest BCUT2D eigenvalue weighted by atomic mass is 19.4. The third-order valence-corrected chi connectivity index (χ3v) is 3.50. The van der Waals surface area contributed by atoms with E-state index >= 15 is 0 Å². The Morgan fingerprint density at radius 2 is 1.89 bits per heavy atom. The van der Waals surface area contributed by atoms with Crippen molar-refractivity contribution in [3.05, 3.63) is 59.5 Å². The number of rotatable bonds is 8. The molecule has 2 rings (SSSR count). The number of ether oxygens (including phenoxy) is 1. The van der Waals surface area contributed by atoms with E-state index in [1.165, 1.54) is 42.5 Å². The van der Waals surface area contributed by atoms with Crippen molar-refractivity contribution in [3.8, 4) is 0 Å². The summed E-state index contributed by atoms with van der Waals surface area (Å²) in [4.78, 5) is 25.4. The Balaban J connectivity index is 1.80. The SMILES string of the molecule is CN(CC(=O)NCc1ccco1)C(=O)c1ccc(COCC(F)(F)F)cc1. The zero-order valence-electron chi connectivity index (χ0n) is 14.6. The third-order valence-electron chi connectivity index (χ3n) is 3.50. The van der Waals surface area contributed by atoms with Crippen LogP contribution in [0.5, 0.6) is 0 Å². The molecule has 0 aliphatic heterocycles. The summed E-state index contributed by atoms with van der Waals surface area (Å²) in [5.41, 5.74) is 0.825. The van der Waals surface area contributed by atoms with Gasteiger partial charge in [-0.2, -0.15) is 13.2 Å². The van der Waals surface area contributed by atoms with Gasteiger partial charge in [-0.1, -0.05) is 12.1 Å². The lowest BCUT2D eigenvalue weighted by atomic mass is 10.1. The molecule has 0 saturated heterocycles. The molecule has 0 radical (unpaired) electrons. The maximum absolute atomic E-state index is 12.3. The van der Waals surface area contributed by atoms with E-state index in [2.05, 4.69) is 10.1 Å². The lowest BCUT2D eigenvalue weighted by Gasteiger charge is -2.17. The fraction of sp³-hybridized carbons (Fsp3) is 0.333. The Morgan fingerprint density at radius 1 is 1.19 bits per heavy atom. The number of carbonyl (C=O) groups excluding carboxylic acids is 2. The van der Waals surface area contributed by atoms with Crippen LogP contribution >= 0.6 is 0 Å². The molecule has 0 unspecified atom stereocenters. The van der Waals surface area contributed by atoms with E-state index in [1.54, 1.807) is 12.1 Å². The van der Waals surface area contributed by atoms with Crippen molar-refractivity contribution < 1.29 is 31.9 Å². The molecule has 2 amide bonds. The van der Waals surface area contributed by atoms with E-state index < -0.39 is 12.8 Å². The van der Waals surface area contributed by atoms with Crippen molar-refractivity contribution >= 4 is 11.8 Å². The van der Waals surface area contributed by atoms with E-state index in [-0.39, 0.29) is 31.5 Å². The van der Waals surface area contributed by atoms with E-state index in [0.717, 1.165) is 0 Å². The molecule has 1 aromatic heterocycles. The van der Waals surface area contributed by atoms with Crippen LogP contribution in [0, 0.1) is 0 Å². The number of hydrogen-bond donors (Lipinski definition) is 1. The number of alkyl halides is 3. The Hall–Kier alpha value is -2.81. The van der Waals surface area contributed by atoms with Crippen LogP contribution in [-0.2, 0) is 22.7 Å². The van der Waals surface area contributed by atoms with Gasteiger partial charge in [0, 0.05) is 12.6 Å². The minimum atomic E-state index is -4.38. The maximum Gasteiger partial charge on any atom is 0.411 e. The smallest absolute Gasteiger partial charge is 0.411 e. The summed E-state index contributed by atoms with van der Waals surface area (Å²) in [6.45, 7) is -1.46. The molecule has 1 aromatic carbocycles. The Morgan fingerprint density at radius 3 is 2.48 bits per heavy atom. The van der Waals surface area contributed by atoms with Gasteiger partial charge in [-0.15, -0.1) is 0 Å². The highest BCUT2D eigenvalue weighted by Gasteiger charge is 2.27. The van der Waals surface area contributed by atoms with Crippen molar-refractivity contribution in [2.75, 3.05) is 20.2 Å². The molecule has 6 nitrogen and oxygen atoms in total. The van der Waals surface area contributed by atoms with Gasteiger partial charge in [-0.05, 0) is 29.8 Å². The molecule has 0 saturated carbocycles. The van der Waals surface area contributed by atoms with E-state index in [9.17, 15) is 22.8 Å². The first-order chi connectivity index (χ1) is 12.7. The van der Waals surface area contributed by atoms with Gasteiger partial charge in [0.15, 0.2) is 0 Å². The summed E-state index contributed by atoms with van der Waals surface area (Å²) in [6, 6.07) is 9.39. The van der Waals surface area contributed by atoms with Crippen LogP contribution in [-0.4, -0.2) is 43.1 Å². The zero-order valence-corrected chi connectivity index (χ0v) is 14.6. The molecule has 0 aliphatic rings. The van der Waals surface area contributed by atoms with Gasteiger partial charge in [0.2, 0.25) is 5.91 Å². The minimum absolute atomic E-state index is 0.143. The van der Waals surface area contributed by atoms with Crippen molar-refractivity contribution in [1.29, 1.82) is 0 Å². The predicted octanol–water partition coefficient (Wildman–Crippen LogP) is 2.75. The second kappa shape index (κ2) is 9.22. The lowest BCUT2D eigenvalue weighted by molar-refractivity contribution is -0.176. The van der Waals surface area contributed by atoms with Crippen LogP contribution in [0.4, 0.5) is 13.2 Å². The van der Waals surface area contributed by atoms with Crippen LogP contribution < -0.4 is 5.32 Å². The third kappa shape index (κ3) is 7.14. The first kappa shape index (κ1) is 20.5. The molecule has 0 atom stereocenters. The average Bonchev–Trinajstić information content (AvgIpc) is 3.12. The number of nitrogens with one attached hydrogen (secondary N) is 1. The largest absolute Gasteiger partial charge is 0.467 e. The van der Waals surface area contributed by atoms with Gasteiger partial charge >= 0.3 is 6.18 Å². The molecule has 1 N–H and O–H groups in total. The van der Waals surface area contributed by atoms with Crippen LogP contribution in [0.15, 0.2) is 47.1 Å². The topological polar surface area (TPSA) is 71.8 Å². The van der Waals surface area contributed by atoms with E-state index in [1.807, 2.05) is 0 Å². The molecule has 1 heterocycles. The molecule has 0 aliphatic carbocycles. The van der Waals surface area contributed by atoms with E-state index in [4.69, 9.17) is 4.42 Å². The number of hydrogen-bond acceptors (Lipinski definition) is 4. The van der Waals surface area contributed by atoms with Crippen molar-refractivity contribution in [3.63, 3.8) is 0 Å². The van der Waals surface area contributed by atoms with Gasteiger partial charge in [-0.25, -0.2) is 0 Å². The normalized spacial score (nSPS) is 11.3. The number of benzene rings is 1. The molecule has 2 aromatic rings. The molecule has 9 heteroatoms. The Labute approximate surface area is 153 Å². The molecule has 146 valence electrons. The van der Waals surface area contributed by atoms with Gasteiger partial charge in [-0.3, -0.25) is 9.59 Å². The van der Waals surface area contributed by atoms with Gasteiger partial charge in [0.05, 0.1) is 26.0 Å². The number of furan rings is 1. The Kier molecular flexibility index (Phi) is 7.00. The van der Waals surface area contributed by atoms with Crippen molar-refractivity contribution in [2.45, 2.75) is 19.3 Å². The number of carbonyl (C=O) groups is 2. The first-order valence-corrected chi connectivity index (χ1v) is 8.02. The van der Waals surface area contributed by atoms with E-state index in [0.29, 0.717) is 16.9 Å². The average molecular weight is 384 g/mol. The Bertz CT molecular complexity index is 743. The molecular formula is C18H19F3N2O4. The summed E-state index contributed by atoms with van der Waals surface area (Å²) < 4.78 is 45.8. The number of likely N-dealkylation sites (N-methyl/N-ethyl adjacent to an activating group) is 1. The van der Waals surface area contributed by atoms with Crippen LogP contribution in [0.3, 0.4) is 0 Å². The van der Waals surface area contributed by atoms with Crippen LogP contribution in [0.2, 0.25) is 0 Å². The summed E-state index contributed by atoms with van der Waals surface area (Å²) in [5, 5.41) is 2.63.